The summed E-state index contributed by atoms with van der Waals surface area (Å²) in [5.41, 5.74) is 8.86. The van der Waals surface area contributed by atoms with Gasteiger partial charge in [0.2, 0.25) is 0 Å². The molecule has 0 unspecified atom stereocenters. The van der Waals surface area contributed by atoms with E-state index in [-0.39, 0.29) is 0 Å². The number of nitrogens with zero attached hydrogens (tertiary/aromatic N) is 7. The average molecular weight is 400 g/mol. The van der Waals surface area contributed by atoms with Gasteiger partial charge >= 0.3 is 0 Å². The molecule has 30 heavy (non-hydrogen) atoms. The number of anilines is 1. The zero-order chi connectivity index (χ0) is 20.7. The summed E-state index contributed by atoms with van der Waals surface area (Å²) in [4.78, 5) is 9.40. The topological polar surface area (TPSA) is 75.7 Å². The summed E-state index contributed by atoms with van der Waals surface area (Å²) >= 11 is 0. The number of hydrogen-bond acceptors (Lipinski definition) is 7. The van der Waals surface area contributed by atoms with Gasteiger partial charge in [0, 0.05) is 69.5 Å². The van der Waals surface area contributed by atoms with Crippen molar-refractivity contribution >= 4 is 16.9 Å². The van der Waals surface area contributed by atoms with Crippen molar-refractivity contribution in [3.05, 3.63) is 54.1 Å². The minimum absolute atomic E-state index is 0.565. The number of pyridine rings is 2. The number of piperazine rings is 1. The first kappa shape index (κ1) is 18.6. The van der Waals surface area contributed by atoms with E-state index in [1.807, 2.05) is 24.5 Å². The molecule has 8 heteroatoms. The van der Waals surface area contributed by atoms with Crippen LogP contribution < -0.4 is 10.3 Å². The summed E-state index contributed by atoms with van der Waals surface area (Å²) in [5.74, 6) is 0.998. The first-order valence-corrected chi connectivity index (χ1v) is 10.1. The van der Waals surface area contributed by atoms with Crippen LogP contribution in [0.3, 0.4) is 0 Å². The molecule has 3 aromatic heterocycles. The van der Waals surface area contributed by atoms with Crippen LogP contribution >= 0.6 is 0 Å². The van der Waals surface area contributed by atoms with Crippen LogP contribution in [-0.4, -0.2) is 71.3 Å². The van der Waals surface area contributed by atoms with Crippen molar-refractivity contribution in [1.29, 1.82) is 5.26 Å². The zero-order valence-electron chi connectivity index (χ0n) is 17.2. The molecule has 0 amide bonds. The Balaban J connectivity index is 1.56. The van der Waals surface area contributed by atoms with Gasteiger partial charge in [0.1, 0.15) is 11.9 Å². The lowest BCUT2D eigenvalue weighted by Gasteiger charge is -2.33. The Morgan fingerprint density at radius 2 is 1.90 bits per heavy atom. The zero-order valence-corrected chi connectivity index (χ0v) is 17.2. The summed E-state index contributed by atoms with van der Waals surface area (Å²) in [6, 6.07) is 8.59. The summed E-state index contributed by atoms with van der Waals surface area (Å²) in [6.45, 7) is 4.82. The van der Waals surface area contributed by atoms with E-state index in [0.29, 0.717) is 5.56 Å². The molecule has 8 nitrogen and oxygen atoms in total. The van der Waals surface area contributed by atoms with E-state index in [2.05, 4.69) is 57.8 Å². The number of hydrogen-bond donors (Lipinski definition) is 1. The van der Waals surface area contributed by atoms with E-state index in [1.54, 1.807) is 10.7 Å². The molecule has 1 saturated heterocycles. The standard InChI is InChI=1S/C22H24N8/c1-27-5-7-29(8-6-27)21-4-3-16(11-24-21)20-9-17(19-13-25-28(2)14-19)15-30-22(20)18(10-23)12-26-30/h3-4,9,11-12,14-15,25H,5-8,13H2,1-2H3. The maximum Gasteiger partial charge on any atom is 0.128 e. The molecule has 2 aliphatic heterocycles. The predicted molar refractivity (Wildman–Crippen MR) is 117 cm³/mol. The second kappa shape index (κ2) is 7.44. The number of fused-ring (bicyclic) bond motifs is 1. The summed E-state index contributed by atoms with van der Waals surface area (Å²) in [5, 5.41) is 16.0. The molecule has 2 aliphatic rings. The van der Waals surface area contributed by atoms with Gasteiger partial charge in [-0.15, -0.1) is 0 Å². The predicted octanol–water partition coefficient (Wildman–Crippen LogP) is 1.81. The van der Waals surface area contributed by atoms with Crippen LogP contribution in [0.2, 0.25) is 0 Å². The fourth-order valence-corrected chi connectivity index (χ4v) is 4.08. The number of rotatable bonds is 3. The van der Waals surface area contributed by atoms with Crippen LogP contribution in [0.15, 0.2) is 43.0 Å². The molecular weight excluding hydrogens is 376 g/mol. The highest BCUT2D eigenvalue weighted by molar-refractivity contribution is 5.87. The van der Waals surface area contributed by atoms with Crippen molar-refractivity contribution in [3.8, 4) is 17.2 Å². The Morgan fingerprint density at radius 1 is 1.07 bits per heavy atom. The number of aromatic nitrogens is 3. The highest BCUT2D eigenvalue weighted by Gasteiger charge is 2.19. The minimum atomic E-state index is 0.565. The Bertz CT molecular complexity index is 1150. The molecule has 3 aromatic rings. The summed E-state index contributed by atoms with van der Waals surface area (Å²) in [6.07, 6.45) is 7.60. The molecule has 0 atom stereocenters. The van der Waals surface area contributed by atoms with Crippen LogP contribution in [-0.2, 0) is 0 Å². The lowest BCUT2D eigenvalue weighted by molar-refractivity contribution is 0.312. The molecule has 0 aromatic carbocycles. The molecule has 0 bridgehead atoms. The van der Waals surface area contributed by atoms with Gasteiger partial charge in [0.25, 0.3) is 0 Å². The number of nitrogens with one attached hydrogen (secondary N) is 1. The van der Waals surface area contributed by atoms with Gasteiger partial charge in [-0.3, -0.25) is 0 Å². The highest BCUT2D eigenvalue weighted by Crippen LogP contribution is 2.31. The first-order chi connectivity index (χ1) is 14.6. The Kier molecular flexibility index (Phi) is 4.62. The quantitative estimate of drug-likeness (QED) is 0.719. The lowest BCUT2D eigenvalue weighted by atomic mass is 10.0. The molecule has 5 heterocycles. The molecule has 0 saturated carbocycles. The van der Waals surface area contributed by atoms with Gasteiger partial charge in [-0.25, -0.2) is 14.9 Å². The molecule has 152 valence electrons. The van der Waals surface area contributed by atoms with Crippen molar-refractivity contribution < 1.29 is 0 Å². The largest absolute Gasteiger partial charge is 0.354 e. The Labute approximate surface area is 175 Å². The van der Waals surface area contributed by atoms with E-state index in [1.165, 1.54) is 5.57 Å². The van der Waals surface area contributed by atoms with Crippen LogP contribution in [0.1, 0.15) is 11.1 Å². The van der Waals surface area contributed by atoms with Gasteiger partial charge in [-0.1, -0.05) is 0 Å². The van der Waals surface area contributed by atoms with Crippen molar-refractivity contribution in [2.24, 2.45) is 0 Å². The maximum atomic E-state index is 9.59. The van der Waals surface area contributed by atoms with E-state index in [9.17, 15) is 5.26 Å². The fourth-order valence-electron chi connectivity index (χ4n) is 4.08. The van der Waals surface area contributed by atoms with Crippen LogP contribution in [0, 0.1) is 11.3 Å². The average Bonchev–Trinajstić information content (AvgIpc) is 3.40. The van der Waals surface area contributed by atoms with Crippen molar-refractivity contribution in [3.63, 3.8) is 0 Å². The molecule has 1 N–H and O–H groups in total. The van der Waals surface area contributed by atoms with E-state index in [0.717, 1.165) is 60.7 Å². The van der Waals surface area contributed by atoms with Gasteiger partial charge in [0.15, 0.2) is 0 Å². The van der Waals surface area contributed by atoms with Gasteiger partial charge < -0.3 is 14.8 Å². The van der Waals surface area contributed by atoms with E-state index >= 15 is 0 Å². The third-order valence-corrected chi connectivity index (χ3v) is 5.86. The normalized spacial score (nSPS) is 17.4. The van der Waals surface area contributed by atoms with E-state index < -0.39 is 0 Å². The molecular formula is C22H24N8. The third-order valence-electron chi connectivity index (χ3n) is 5.86. The van der Waals surface area contributed by atoms with Crippen LogP contribution in [0.25, 0.3) is 22.2 Å². The molecule has 1 fully saturated rings. The Hall–Kier alpha value is -3.41. The van der Waals surface area contributed by atoms with Crippen molar-refractivity contribution in [2.45, 2.75) is 0 Å². The minimum Gasteiger partial charge on any atom is -0.354 e. The molecule has 0 spiro atoms. The van der Waals surface area contributed by atoms with Crippen molar-refractivity contribution in [1.82, 2.24) is 29.9 Å². The number of hydrazine groups is 1. The van der Waals surface area contributed by atoms with Crippen LogP contribution in [0.4, 0.5) is 5.82 Å². The highest BCUT2D eigenvalue weighted by atomic mass is 15.5. The summed E-state index contributed by atoms with van der Waals surface area (Å²) in [7, 11) is 4.13. The van der Waals surface area contributed by atoms with Gasteiger partial charge in [-0.05, 0) is 36.4 Å². The summed E-state index contributed by atoms with van der Waals surface area (Å²) < 4.78 is 1.80. The first-order valence-electron chi connectivity index (χ1n) is 10.1. The van der Waals surface area contributed by atoms with Gasteiger partial charge in [0.05, 0.1) is 17.3 Å². The monoisotopic (exact) mass is 400 g/mol. The molecule has 0 radical (unpaired) electrons. The SMILES string of the molecule is CN1CCN(c2ccc(-c3cc(C4=CN(C)NC4)cn4ncc(C#N)c34)cn2)CC1. The molecule has 5 rings (SSSR count). The third kappa shape index (κ3) is 3.28. The van der Waals surface area contributed by atoms with E-state index in [4.69, 9.17) is 4.98 Å². The Morgan fingerprint density at radius 3 is 2.57 bits per heavy atom. The number of likely N-dealkylation sites (N-methyl/N-ethyl adjacent to an activating group) is 1. The fraction of sp³-hybridized carbons (Fsp3) is 0.318. The van der Waals surface area contributed by atoms with Crippen LogP contribution in [0.5, 0.6) is 0 Å². The lowest BCUT2D eigenvalue weighted by Crippen LogP contribution is -2.44. The second-order valence-electron chi connectivity index (χ2n) is 7.90. The van der Waals surface area contributed by atoms with Gasteiger partial charge in [-0.2, -0.15) is 10.4 Å². The maximum absolute atomic E-state index is 9.59. The van der Waals surface area contributed by atoms with Crippen molar-refractivity contribution in [2.75, 3.05) is 51.7 Å². The smallest absolute Gasteiger partial charge is 0.128 e. The second-order valence-corrected chi connectivity index (χ2v) is 7.90. The molecule has 0 aliphatic carbocycles. The number of nitriles is 1.